The lowest BCUT2D eigenvalue weighted by Crippen LogP contribution is -2.27. The van der Waals surface area contributed by atoms with Gasteiger partial charge in [-0.2, -0.15) is 0 Å². The molecule has 1 aliphatic carbocycles. The summed E-state index contributed by atoms with van der Waals surface area (Å²) < 4.78 is 0. The molecule has 0 bridgehead atoms. The molecule has 0 radical (unpaired) electrons. The third kappa shape index (κ3) is 5.00. The van der Waals surface area contributed by atoms with Crippen LogP contribution in [0.25, 0.3) is 0 Å². The van der Waals surface area contributed by atoms with Gasteiger partial charge in [-0.25, -0.2) is 0 Å². The second-order valence-electron chi connectivity index (χ2n) is 4.93. The molecule has 1 heteroatoms. The van der Waals surface area contributed by atoms with E-state index in [0.717, 1.165) is 18.5 Å². The normalized spacial score (nSPS) is 18.6. The molecule has 0 heterocycles. The maximum Gasteiger partial charge on any atom is 0.0501 e. The standard InChI is InChI=1S/C18H25N.C2H6/c1-5-8-13-16(7-3)18(14-10-9-11-15-18)17(19-4)12-6-2;1-2/h5-8,12-13H,1-2,4,9-11,14-15H2,3H3;1-2H3/b13-8-,16-7+,17-12-;. The fourth-order valence-electron chi connectivity index (χ4n) is 3.03. The van der Waals surface area contributed by atoms with Crippen LogP contribution in [0.2, 0.25) is 0 Å². The summed E-state index contributed by atoms with van der Waals surface area (Å²) in [5, 5.41) is 0. The SMILES string of the molecule is C=C/C=C\C(=C/C)C1(/C(=C/C=C)N=C)CCCCC1.CC. The Balaban J connectivity index is 0.00000191. The highest BCUT2D eigenvalue weighted by Crippen LogP contribution is 2.49. The van der Waals surface area contributed by atoms with Crippen molar-refractivity contribution < 1.29 is 0 Å². The second kappa shape index (κ2) is 11.1. The van der Waals surface area contributed by atoms with Crippen molar-refractivity contribution in [1.82, 2.24) is 0 Å². The fraction of sp³-hybridized carbons (Fsp3) is 0.450. The van der Waals surface area contributed by atoms with Crippen molar-refractivity contribution in [2.45, 2.75) is 52.9 Å². The van der Waals surface area contributed by atoms with E-state index in [1.165, 1.54) is 24.8 Å². The zero-order valence-electron chi connectivity index (χ0n) is 14.1. The van der Waals surface area contributed by atoms with Crippen molar-refractivity contribution >= 4 is 6.72 Å². The van der Waals surface area contributed by atoms with Crippen LogP contribution in [0.4, 0.5) is 0 Å². The number of hydrogen-bond acceptors (Lipinski definition) is 1. The van der Waals surface area contributed by atoms with E-state index in [1.807, 2.05) is 38.2 Å². The van der Waals surface area contributed by atoms with Crippen molar-refractivity contribution in [2.24, 2.45) is 10.4 Å². The first-order chi connectivity index (χ1) is 10.2. The van der Waals surface area contributed by atoms with Gasteiger partial charge >= 0.3 is 0 Å². The number of hydrogen-bond donors (Lipinski definition) is 0. The van der Waals surface area contributed by atoms with Crippen LogP contribution < -0.4 is 0 Å². The van der Waals surface area contributed by atoms with Crippen molar-refractivity contribution in [2.75, 3.05) is 0 Å². The van der Waals surface area contributed by atoms with Gasteiger partial charge in [0.05, 0.1) is 5.70 Å². The summed E-state index contributed by atoms with van der Waals surface area (Å²) in [5.74, 6) is 0. The van der Waals surface area contributed by atoms with Gasteiger partial charge in [-0.1, -0.05) is 76.6 Å². The first kappa shape index (κ1) is 19.4. The van der Waals surface area contributed by atoms with Crippen LogP contribution in [0.15, 0.2) is 65.9 Å². The van der Waals surface area contributed by atoms with Crippen LogP contribution in [-0.4, -0.2) is 6.72 Å². The minimum Gasteiger partial charge on any atom is -0.268 e. The Kier molecular flexibility index (Phi) is 10.2. The van der Waals surface area contributed by atoms with Crippen LogP contribution in [0.5, 0.6) is 0 Å². The Hall–Kier alpha value is -1.63. The molecule has 1 saturated carbocycles. The second-order valence-corrected chi connectivity index (χ2v) is 4.93. The maximum absolute atomic E-state index is 4.29. The Morgan fingerprint density at radius 3 is 2.10 bits per heavy atom. The predicted octanol–water partition coefficient (Wildman–Crippen LogP) is 6.42. The first-order valence-electron chi connectivity index (χ1n) is 8.01. The molecule has 1 aliphatic rings. The summed E-state index contributed by atoms with van der Waals surface area (Å²) in [7, 11) is 0. The van der Waals surface area contributed by atoms with Crippen molar-refractivity contribution in [3.63, 3.8) is 0 Å². The number of aliphatic imine (C=N–C) groups is 1. The number of nitrogens with zero attached hydrogens (tertiary/aromatic N) is 1. The lowest BCUT2D eigenvalue weighted by atomic mass is 9.66. The number of allylic oxidation sites excluding steroid dienone is 7. The minimum absolute atomic E-state index is 0.00243. The van der Waals surface area contributed by atoms with E-state index in [1.54, 1.807) is 0 Å². The van der Waals surface area contributed by atoms with Gasteiger partial charge in [0, 0.05) is 5.41 Å². The zero-order valence-corrected chi connectivity index (χ0v) is 14.1. The topological polar surface area (TPSA) is 12.4 Å². The van der Waals surface area contributed by atoms with Crippen LogP contribution >= 0.6 is 0 Å². The highest BCUT2D eigenvalue weighted by Gasteiger charge is 2.37. The molecular weight excluding hydrogens is 254 g/mol. The average Bonchev–Trinajstić information content (AvgIpc) is 2.56. The molecule has 0 aliphatic heterocycles. The van der Waals surface area contributed by atoms with Crippen LogP contribution in [-0.2, 0) is 0 Å². The van der Waals surface area contributed by atoms with E-state index in [0.29, 0.717) is 0 Å². The van der Waals surface area contributed by atoms with Gasteiger partial charge in [0.1, 0.15) is 0 Å². The molecule has 0 aromatic rings. The molecule has 0 atom stereocenters. The predicted molar refractivity (Wildman–Crippen MR) is 97.8 cm³/mol. The zero-order chi connectivity index (χ0) is 16.1. The highest BCUT2D eigenvalue weighted by atomic mass is 14.8. The molecule has 21 heavy (non-hydrogen) atoms. The van der Waals surface area contributed by atoms with Crippen molar-refractivity contribution in [3.8, 4) is 0 Å². The molecule has 116 valence electrons. The van der Waals surface area contributed by atoms with Crippen LogP contribution in [0.1, 0.15) is 52.9 Å². The lowest BCUT2D eigenvalue weighted by molar-refractivity contribution is 0.293. The quantitative estimate of drug-likeness (QED) is 0.394. The van der Waals surface area contributed by atoms with E-state index >= 15 is 0 Å². The van der Waals surface area contributed by atoms with E-state index in [-0.39, 0.29) is 5.41 Å². The largest absolute Gasteiger partial charge is 0.268 e. The molecule has 0 aromatic heterocycles. The smallest absolute Gasteiger partial charge is 0.0501 e. The Labute approximate surface area is 131 Å². The Bertz CT molecular complexity index is 415. The van der Waals surface area contributed by atoms with E-state index in [4.69, 9.17) is 0 Å². The number of rotatable bonds is 6. The molecule has 0 unspecified atom stereocenters. The molecule has 0 N–H and O–H groups in total. The van der Waals surface area contributed by atoms with Crippen molar-refractivity contribution in [3.05, 3.63) is 60.9 Å². The average molecular weight is 285 g/mol. The van der Waals surface area contributed by atoms with Gasteiger partial charge in [-0.3, -0.25) is 4.99 Å². The maximum atomic E-state index is 4.29. The summed E-state index contributed by atoms with van der Waals surface area (Å²) in [4.78, 5) is 4.29. The third-order valence-corrected chi connectivity index (χ3v) is 3.92. The van der Waals surface area contributed by atoms with Crippen molar-refractivity contribution in [1.29, 1.82) is 0 Å². The van der Waals surface area contributed by atoms with E-state index in [2.05, 4.69) is 43.9 Å². The van der Waals surface area contributed by atoms with Gasteiger partial charge in [0.25, 0.3) is 0 Å². The summed E-state index contributed by atoms with van der Waals surface area (Å²) in [6.07, 6.45) is 18.0. The summed E-state index contributed by atoms with van der Waals surface area (Å²) in [6, 6.07) is 0. The third-order valence-electron chi connectivity index (χ3n) is 3.92. The molecule has 1 rings (SSSR count). The van der Waals surface area contributed by atoms with E-state index in [9.17, 15) is 0 Å². The highest BCUT2D eigenvalue weighted by molar-refractivity contribution is 5.42. The summed E-state index contributed by atoms with van der Waals surface area (Å²) >= 11 is 0. The van der Waals surface area contributed by atoms with Crippen LogP contribution in [0.3, 0.4) is 0 Å². The van der Waals surface area contributed by atoms with Gasteiger partial charge in [-0.15, -0.1) is 0 Å². The van der Waals surface area contributed by atoms with Crippen LogP contribution in [0, 0.1) is 5.41 Å². The molecule has 0 amide bonds. The van der Waals surface area contributed by atoms with Gasteiger partial charge in [-0.05, 0) is 38.1 Å². The van der Waals surface area contributed by atoms with Gasteiger partial charge < -0.3 is 0 Å². The van der Waals surface area contributed by atoms with E-state index < -0.39 is 0 Å². The fourth-order valence-corrected chi connectivity index (χ4v) is 3.03. The van der Waals surface area contributed by atoms with Gasteiger partial charge in [0.15, 0.2) is 0 Å². The Morgan fingerprint density at radius 2 is 1.67 bits per heavy atom. The molecule has 0 aromatic carbocycles. The molecular formula is C20H31N. The summed E-state index contributed by atoms with van der Waals surface area (Å²) in [6.45, 7) is 17.4. The molecule has 1 nitrogen and oxygen atoms in total. The first-order valence-corrected chi connectivity index (χ1v) is 8.01. The molecule has 0 saturated heterocycles. The monoisotopic (exact) mass is 285 g/mol. The van der Waals surface area contributed by atoms with Gasteiger partial charge in [0.2, 0.25) is 0 Å². The molecule has 1 fully saturated rings. The minimum atomic E-state index is 0.00243. The summed E-state index contributed by atoms with van der Waals surface area (Å²) in [5.41, 5.74) is 2.36. The Morgan fingerprint density at radius 1 is 1.05 bits per heavy atom. The lowest BCUT2D eigenvalue weighted by Gasteiger charge is -2.39. The molecule has 0 spiro atoms.